The lowest BCUT2D eigenvalue weighted by atomic mass is 10.1. The molecule has 31 heavy (non-hydrogen) atoms. The minimum atomic E-state index is -0.0561. The molecule has 1 aliphatic heterocycles. The maximum Gasteiger partial charge on any atom is 0.253 e. The van der Waals surface area contributed by atoms with Crippen LogP contribution in [-0.2, 0) is 4.79 Å². The second-order valence-electron chi connectivity index (χ2n) is 7.06. The molecule has 0 radical (unpaired) electrons. The predicted octanol–water partition coefficient (Wildman–Crippen LogP) is 5.17. The molecule has 1 aliphatic rings. The van der Waals surface area contributed by atoms with Gasteiger partial charge in [0.05, 0.1) is 28.1 Å². The number of thioether (sulfide) groups is 1. The van der Waals surface area contributed by atoms with Crippen molar-refractivity contribution in [1.82, 2.24) is 19.8 Å². The highest BCUT2D eigenvalue weighted by Crippen LogP contribution is 2.36. The Kier molecular flexibility index (Phi) is 5.71. The number of carbonyl (C=O) groups is 1. The van der Waals surface area contributed by atoms with Crippen LogP contribution in [0.15, 0.2) is 75.9 Å². The minimum absolute atomic E-state index is 0.0331. The van der Waals surface area contributed by atoms with Gasteiger partial charge in [0.2, 0.25) is 0 Å². The highest BCUT2D eigenvalue weighted by atomic mass is 32.2. The second kappa shape index (κ2) is 8.78. The first-order chi connectivity index (χ1) is 15.2. The summed E-state index contributed by atoms with van der Waals surface area (Å²) in [6.07, 6.45) is 2.42. The number of nitrogens with zero attached hydrogens (tertiary/aromatic N) is 5. The molecular formula is C22H19N5OS3. The van der Waals surface area contributed by atoms with Gasteiger partial charge >= 0.3 is 0 Å². The molecule has 0 spiro atoms. The maximum atomic E-state index is 13.2. The Balaban J connectivity index is 1.36. The molecule has 0 saturated carbocycles. The van der Waals surface area contributed by atoms with E-state index in [1.165, 1.54) is 11.8 Å². The van der Waals surface area contributed by atoms with E-state index in [4.69, 9.17) is 5.10 Å². The standard InChI is InChI=1S/C22H19N5OS3/c1-15-6-2-3-7-17(15)26-14-23-24-22(26)31-13-21(28)27-18(20-9-5-11-30-20)12-16(25-27)19-8-4-10-29-19/h2-11,14,18H,12-13H2,1H3. The van der Waals surface area contributed by atoms with Crippen molar-refractivity contribution in [2.24, 2.45) is 5.10 Å². The number of para-hydroxylation sites is 1. The van der Waals surface area contributed by atoms with Crippen LogP contribution in [0.25, 0.3) is 5.69 Å². The molecule has 0 N–H and O–H groups in total. The van der Waals surface area contributed by atoms with E-state index < -0.39 is 0 Å². The Bertz CT molecular complexity index is 1210. The van der Waals surface area contributed by atoms with E-state index in [1.807, 2.05) is 58.6 Å². The average Bonchev–Trinajstić information content (AvgIpc) is 3.58. The number of hydrogen-bond donors (Lipinski definition) is 0. The summed E-state index contributed by atoms with van der Waals surface area (Å²) in [4.78, 5) is 15.5. The number of benzene rings is 1. The van der Waals surface area contributed by atoms with Crippen LogP contribution in [-0.4, -0.2) is 37.1 Å². The van der Waals surface area contributed by atoms with Gasteiger partial charge in [0.25, 0.3) is 5.91 Å². The fourth-order valence-electron chi connectivity index (χ4n) is 3.55. The summed E-state index contributed by atoms with van der Waals surface area (Å²) in [6.45, 7) is 2.05. The normalized spacial score (nSPS) is 16.0. The number of thiophene rings is 2. The van der Waals surface area contributed by atoms with Gasteiger partial charge in [-0.3, -0.25) is 9.36 Å². The summed E-state index contributed by atoms with van der Waals surface area (Å²) < 4.78 is 1.92. The van der Waals surface area contributed by atoms with Gasteiger partial charge in [-0.2, -0.15) is 5.10 Å². The number of carbonyl (C=O) groups excluding carboxylic acids is 1. The largest absolute Gasteiger partial charge is 0.276 e. The minimum Gasteiger partial charge on any atom is -0.276 e. The molecule has 0 saturated heterocycles. The van der Waals surface area contributed by atoms with Crippen LogP contribution in [0.1, 0.15) is 27.8 Å². The molecule has 3 aromatic heterocycles. The van der Waals surface area contributed by atoms with Crippen molar-refractivity contribution in [3.8, 4) is 5.69 Å². The molecule has 1 atom stereocenters. The fraction of sp³-hybridized carbons (Fsp3) is 0.182. The van der Waals surface area contributed by atoms with Crippen molar-refractivity contribution in [3.63, 3.8) is 0 Å². The zero-order chi connectivity index (χ0) is 21.2. The van der Waals surface area contributed by atoms with Crippen LogP contribution < -0.4 is 0 Å². The number of amides is 1. The Morgan fingerprint density at radius 1 is 1.13 bits per heavy atom. The van der Waals surface area contributed by atoms with E-state index in [9.17, 15) is 4.79 Å². The van der Waals surface area contributed by atoms with E-state index in [1.54, 1.807) is 34.0 Å². The summed E-state index contributed by atoms with van der Waals surface area (Å²) in [5.74, 6) is 0.211. The molecule has 6 nitrogen and oxygen atoms in total. The van der Waals surface area contributed by atoms with Crippen molar-refractivity contribution in [1.29, 1.82) is 0 Å². The average molecular weight is 466 g/mol. The van der Waals surface area contributed by atoms with Crippen molar-refractivity contribution < 1.29 is 4.79 Å². The van der Waals surface area contributed by atoms with Crippen molar-refractivity contribution in [2.75, 3.05) is 5.75 Å². The van der Waals surface area contributed by atoms with Crippen LogP contribution in [0.2, 0.25) is 0 Å². The molecule has 5 rings (SSSR count). The van der Waals surface area contributed by atoms with E-state index in [0.29, 0.717) is 5.16 Å². The maximum absolute atomic E-state index is 13.2. The molecule has 4 heterocycles. The fourth-order valence-corrected chi connectivity index (χ4v) is 5.86. The van der Waals surface area contributed by atoms with E-state index in [0.717, 1.165) is 33.1 Å². The Morgan fingerprint density at radius 2 is 1.97 bits per heavy atom. The molecule has 4 aromatic rings. The Labute approximate surface area is 192 Å². The number of rotatable bonds is 6. The van der Waals surface area contributed by atoms with Gasteiger partial charge < -0.3 is 0 Å². The molecule has 156 valence electrons. The van der Waals surface area contributed by atoms with E-state index in [-0.39, 0.29) is 17.7 Å². The monoisotopic (exact) mass is 465 g/mol. The number of aryl methyl sites for hydroxylation is 1. The molecule has 1 amide bonds. The molecule has 1 aromatic carbocycles. The van der Waals surface area contributed by atoms with Gasteiger partial charge in [0.15, 0.2) is 5.16 Å². The summed E-state index contributed by atoms with van der Waals surface area (Å²) in [5, 5.41) is 19.4. The molecule has 0 aliphatic carbocycles. The summed E-state index contributed by atoms with van der Waals surface area (Å²) in [6, 6.07) is 16.2. The lowest BCUT2D eigenvalue weighted by Gasteiger charge is -2.20. The molecule has 1 unspecified atom stereocenters. The number of aromatic nitrogens is 3. The van der Waals surface area contributed by atoms with Crippen molar-refractivity contribution in [3.05, 3.63) is 80.9 Å². The molecule has 0 fully saturated rings. The zero-order valence-corrected chi connectivity index (χ0v) is 19.2. The van der Waals surface area contributed by atoms with E-state index >= 15 is 0 Å². The summed E-state index contributed by atoms with van der Waals surface area (Å²) >= 11 is 4.70. The summed E-state index contributed by atoms with van der Waals surface area (Å²) in [5.41, 5.74) is 3.10. The Hall–Kier alpha value is -2.75. The lowest BCUT2D eigenvalue weighted by Crippen LogP contribution is -2.28. The lowest BCUT2D eigenvalue weighted by molar-refractivity contribution is -0.130. The SMILES string of the molecule is Cc1ccccc1-n1cnnc1SCC(=O)N1N=C(c2cccs2)CC1c1cccs1. The first-order valence-corrected chi connectivity index (χ1v) is 12.5. The Morgan fingerprint density at radius 3 is 2.74 bits per heavy atom. The van der Waals surface area contributed by atoms with Gasteiger partial charge in [-0.05, 0) is 41.4 Å². The first-order valence-electron chi connectivity index (χ1n) is 9.76. The number of hydrogen-bond acceptors (Lipinski definition) is 7. The number of hydrazone groups is 1. The third kappa shape index (κ3) is 4.08. The van der Waals surface area contributed by atoms with Crippen LogP contribution in [0.4, 0.5) is 0 Å². The second-order valence-corrected chi connectivity index (χ2v) is 9.93. The topological polar surface area (TPSA) is 63.4 Å². The molecule has 9 heteroatoms. The molecule has 0 bridgehead atoms. The van der Waals surface area contributed by atoms with Gasteiger partial charge in [0, 0.05) is 11.3 Å². The summed E-state index contributed by atoms with van der Waals surface area (Å²) in [7, 11) is 0. The molecular weight excluding hydrogens is 446 g/mol. The smallest absolute Gasteiger partial charge is 0.253 e. The third-order valence-corrected chi connectivity index (χ3v) is 7.88. The van der Waals surface area contributed by atoms with Crippen LogP contribution >= 0.6 is 34.4 Å². The van der Waals surface area contributed by atoms with Gasteiger partial charge in [-0.1, -0.05) is 42.1 Å². The highest BCUT2D eigenvalue weighted by Gasteiger charge is 2.34. The van der Waals surface area contributed by atoms with Gasteiger partial charge in [-0.25, -0.2) is 5.01 Å². The van der Waals surface area contributed by atoms with Crippen LogP contribution in [0.3, 0.4) is 0 Å². The van der Waals surface area contributed by atoms with Crippen LogP contribution in [0, 0.1) is 6.92 Å². The van der Waals surface area contributed by atoms with Crippen molar-refractivity contribution >= 4 is 46.1 Å². The first kappa shape index (κ1) is 20.2. The highest BCUT2D eigenvalue weighted by molar-refractivity contribution is 7.99. The van der Waals surface area contributed by atoms with Crippen LogP contribution in [0.5, 0.6) is 0 Å². The van der Waals surface area contributed by atoms with Gasteiger partial charge in [-0.15, -0.1) is 32.9 Å². The van der Waals surface area contributed by atoms with Crippen molar-refractivity contribution in [2.45, 2.75) is 24.5 Å². The quantitative estimate of drug-likeness (QED) is 0.369. The van der Waals surface area contributed by atoms with E-state index in [2.05, 4.69) is 22.3 Å². The van der Waals surface area contributed by atoms with Gasteiger partial charge in [0.1, 0.15) is 6.33 Å². The third-order valence-electron chi connectivity index (χ3n) is 5.06. The zero-order valence-electron chi connectivity index (χ0n) is 16.7. The predicted molar refractivity (Wildman–Crippen MR) is 126 cm³/mol.